The number of nitrogens with two attached hydrogens (primary N) is 1. The van der Waals surface area contributed by atoms with E-state index in [0.29, 0.717) is 11.9 Å². The highest BCUT2D eigenvalue weighted by Gasteiger charge is 2.28. The largest absolute Gasteiger partial charge is 0.383 e. The molecule has 1 aromatic carbocycles. The minimum atomic E-state index is 0.514. The number of rotatable bonds is 2. The number of benzene rings is 1. The van der Waals surface area contributed by atoms with Crippen molar-refractivity contribution in [3.63, 3.8) is 0 Å². The van der Waals surface area contributed by atoms with Crippen molar-refractivity contribution in [3.05, 3.63) is 53.1 Å². The van der Waals surface area contributed by atoms with Crippen molar-refractivity contribution >= 4 is 28.6 Å². The highest BCUT2D eigenvalue weighted by Crippen LogP contribution is 2.28. The number of thiocarbonyl (C=S) groups is 1. The molecule has 1 aliphatic carbocycles. The Morgan fingerprint density at radius 2 is 2.25 bits per heavy atom. The zero-order valence-electron chi connectivity index (χ0n) is 13.7. The van der Waals surface area contributed by atoms with Gasteiger partial charge in [-0.25, -0.2) is 4.99 Å². The summed E-state index contributed by atoms with van der Waals surface area (Å²) >= 11 is 5.39. The summed E-state index contributed by atoms with van der Waals surface area (Å²) in [5.41, 5.74) is 10.8. The number of amidine groups is 1. The van der Waals surface area contributed by atoms with Gasteiger partial charge in [-0.05, 0) is 29.7 Å². The summed E-state index contributed by atoms with van der Waals surface area (Å²) in [7, 11) is 0. The SMILES string of the molecule is NC(=Nc1ccc2c(c1)CN1CCNCC1C2)C1=CC=CCC1=S. The lowest BCUT2D eigenvalue weighted by Gasteiger charge is -2.40. The Hall–Kier alpha value is -1.82. The topological polar surface area (TPSA) is 53.6 Å². The average Bonchev–Trinajstić information content (AvgIpc) is 2.60. The van der Waals surface area contributed by atoms with Crippen molar-refractivity contribution in [2.24, 2.45) is 10.7 Å². The van der Waals surface area contributed by atoms with E-state index in [2.05, 4.69) is 33.4 Å². The molecule has 3 N–H and O–H groups in total. The Bertz CT molecular complexity index is 763. The van der Waals surface area contributed by atoms with Crippen LogP contribution in [-0.4, -0.2) is 41.3 Å². The summed E-state index contributed by atoms with van der Waals surface area (Å²) in [5.74, 6) is 0.514. The van der Waals surface area contributed by atoms with Crippen molar-refractivity contribution < 1.29 is 0 Å². The van der Waals surface area contributed by atoms with Gasteiger partial charge in [-0.3, -0.25) is 4.90 Å². The number of allylic oxidation sites excluding steroid dienone is 3. The molecule has 4 rings (SSSR count). The van der Waals surface area contributed by atoms with E-state index in [1.165, 1.54) is 11.1 Å². The van der Waals surface area contributed by atoms with Gasteiger partial charge in [-0.1, -0.05) is 36.5 Å². The Morgan fingerprint density at radius 3 is 3.12 bits per heavy atom. The molecule has 0 saturated carbocycles. The number of piperazine rings is 1. The van der Waals surface area contributed by atoms with E-state index in [4.69, 9.17) is 18.0 Å². The molecule has 0 amide bonds. The first-order chi connectivity index (χ1) is 11.7. The minimum absolute atomic E-state index is 0.514. The number of hydrogen-bond donors (Lipinski definition) is 2. The molecule has 5 heteroatoms. The van der Waals surface area contributed by atoms with E-state index < -0.39 is 0 Å². The van der Waals surface area contributed by atoms with Crippen LogP contribution in [0.3, 0.4) is 0 Å². The summed E-state index contributed by atoms with van der Waals surface area (Å²) in [6, 6.07) is 7.09. The molecule has 2 heterocycles. The summed E-state index contributed by atoms with van der Waals surface area (Å²) in [4.78, 5) is 8.05. The molecule has 24 heavy (non-hydrogen) atoms. The second-order valence-corrected chi connectivity index (χ2v) is 7.11. The average molecular weight is 338 g/mol. The molecular formula is C19H22N4S. The molecule has 1 atom stereocenters. The lowest BCUT2D eigenvalue weighted by molar-refractivity contribution is 0.140. The molecule has 0 aromatic heterocycles. The smallest absolute Gasteiger partial charge is 0.132 e. The molecule has 1 unspecified atom stereocenters. The minimum Gasteiger partial charge on any atom is -0.383 e. The van der Waals surface area contributed by atoms with Crippen molar-refractivity contribution in [1.82, 2.24) is 10.2 Å². The van der Waals surface area contributed by atoms with E-state index in [-0.39, 0.29) is 0 Å². The third kappa shape index (κ3) is 3.07. The third-order valence-electron chi connectivity index (χ3n) is 5.02. The predicted molar refractivity (Wildman–Crippen MR) is 103 cm³/mol. The van der Waals surface area contributed by atoms with E-state index in [9.17, 15) is 0 Å². The van der Waals surface area contributed by atoms with Crippen LogP contribution in [-0.2, 0) is 13.0 Å². The van der Waals surface area contributed by atoms with Crippen LogP contribution in [0, 0.1) is 0 Å². The van der Waals surface area contributed by atoms with Crippen LogP contribution in [0.25, 0.3) is 0 Å². The van der Waals surface area contributed by atoms with E-state index in [0.717, 1.165) is 55.1 Å². The highest BCUT2D eigenvalue weighted by molar-refractivity contribution is 7.81. The number of fused-ring (bicyclic) bond motifs is 2. The van der Waals surface area contributed by atoms with E-state index >= 15 is 0 Å². The van der Waals surface area contributed by atoms with Crippen LogP contribution in [0.5, 0.6) is 0 Å². The summed E-state index contributed by atoms with van der Waals surface area (Å²) in [6.45, 7) is 4.29. The second-order valence-electron chi connectivity index (χ2n) is 6.62. The molecule has 0 radical (unpaired) electrons. The molecular weight excluding hydrogens is 316 g/mol. The summed E-state index contributed by atoms with van der Waals surface area (Å²) < 4.78 is 0. The maximum atomic E-state index is 6.19. The van der Waals surface area contributed by atoms with Gasteiger partial charge in [0.05, 0.1) is 5.69 Å². The van der Waals surface area contributed by atoms with Gasteiger partial charge in [-0.2, -0.15) is 0 Å². The van der Waals surface area contributed by atoms with Gasteiger partial charge in [0.2, 0.25) is 0 Å². The normalized spacial score (nSPS) is 24.3. The molecule has 4 nitrogen and oxygen atoms in total. The van der Waals surface area contributed by atoms with Gasteiger partial charge in [0.15, 0.2) is 0 Å². The number of hydrogen-bond acceptors (Lipinski definition) is 4. The maximum absolute atomic E-state index is 6.19. The predicted octanol–water partition coefficient (Wildman–Crippen LogP) is 2.26. The molecule has 1 fully saturated rings. The molecule has 1 aromatic rings. The third-order valence-corrected chi connectivity index (χ3v) is 5.41. The number of nitrogens with one attached hydrogen (secondary N) is 1. The van der Waals surface area contributed by atoms with Crippen molar-refractivity contribution in [3.8, 4) is 0 Å². The van der Waals surface area contributed by atoms with Crippen LogP contribution in [0.15, 0.2) is 47.0 Å². The van der Waals surface area contributed by atoms with Gasteiger partial charge < -0.3 is 11.1 Å². The summed E-state index contributed by atoms with van der Waals surface area (Å²) in [6.07, 6.45) is 7.87. The van der Waals surface area contributed by atoms with E-state index in [1.807, 2.05) is 18.2 Å². The Labute approximate surface area is 148 Å². The van der Waals surface area contributed by atoms with Gasteiger partial charge >= 0.3 is 0 Å². The Morgan fingerprint density at radius 1 is 1.33 bits per heavy atom. The zero-order valence-corrected chi connectivity index (χ0v) is 14.5. The molecule has 124 valence electrons. The van der Waals surface area contributed by atoms with Crippen LogP contribution in [0.2, 0.25) is 0 Å². The molecule has 2 aliphatic heterocycles. The van der Waals surface area contributed by atoms with Gasteiger partial charge in [0.1, 0.15) is 5.84 Å². The molecule has 1 saturated heterocycles. The van der Waals surface area contributed by atoms with Crippen LogP contribution in [0.1, 0.15) is 17.5 Å². The van der Waals surface area contributed by atoms with Gasteiger partial charge in [0.25, 0.3) is 0 Å². The number of nitrogens with zero attached hydrogens (tertiary/aromatic N) is 2. The zero-order chi connectivity index (χ0) is 16.5. The van der Waals surface area contributed by atoms with Crippen LogP contribution >= 0.6 is 12.2 Å². The quantitative estimate of drug-likeness (QED) is 0.493. The number of aliphatic imine (C=N–C) groups is 1. The van der Waals surface area contributed by atoms with Gasteiger partial charge in [0, 0.05) is 49.1 Å². The van der Waals surface area contributed by atoms with Crippen LogP contribution in [0.4, 0.5) is 5.69 Å². The molecule has 0 spiro atoms. The highest BCUT2D eigenvalue weighted by atomic mass is 32.1. The fourth-order valence-electron chi connectivity index (χ4n) is 3.68. The van der Waals surface area contributed by atoms with Gasteiger partial charge in [-0.15, -0.1) is 0 Å². The summed E-state index contributed by atoms with van der Waals surface area (Å²) in [5, 5.41) is 3.49. The molecule has 3 aliphatic rings. The fourth-order valence-corrected chi connectivity index (χ4v) is 3.95. The molecule has 0 bridgehead atoms. The first-order valence-corrected chi connectivity index (χ1v) is 8.92. The monoisotopic (exact) mass is 338 g/mol. The van der Waals surface area contributed by atoms with Crippen LogP contribution < -0.4 is 11.1 Å². The Kier molecular flexibility index (Phi) is 4.31. The lowest BCUT2D eigenvalue weighted by atomic mass is 9.92. The van der Waals surface area contributed by atoms with E-state index in [1.54, 1.807) is 0 Å². The van der Waals surface area contributed by atoms with Crippen molar-refractivity contribution in [2.75, 3.05) is 19.6 Å². The fraction of sp³-hybridized carbons (Fsp3) is 0.368. The van der Waals surface area contributed by atoms with Crippen molar-refractivity contribution in [2.45, 2.75) is 25.4 Å². The Balaban J connectivity index is 1.59. The first-order valence-electron chi connectivity index (χ1n) is 8.52. The maximum Gasteiger partial charge on any atom is 0.132 e. The lowest BCUT2D eigenvalue weighted by Crippen LogP contribution is -2.53. The van der Waals surface area contributed by atoms with Crippen molar-refractivity contribution in [1.29, 1.82) is 0 Å². The second kappa shape index (κ2) is 6.59. The standard InChI is InChI=1S/C19H22N4S/c20-19(17-3-1-2-4-18(17)24)22-15-6-5-13-10-16-11-21-7-8-23(16)12-14(13)9-15/h1-3,5-6,9,16,21H,4,7-8,10-12H2,(H2,20,22). The first kappa shape index (κ1) is 15.7.